The molecule has 1 aliphatic heterocycles. The number of ether oxygens (including phenoxy) is 7. The van der Waals surface area contributed by atoms with Gasteiger partial charge in [0.2, 0.25) is 5.95 Å². The van der Waals surface area contributed by atoms with Gasteiger partial charge < -0.3 is 33.2 Å². The number of amides is 1. The first-order valence-electron chi connectivity index (χ1n) is 23.5. The molecular weight excluding hydrogens is 944 g/mol. The first-order chi connectivity index (χ1) is 34.8. The molecule has 7 rings (SSSR count). The van der Waals surface area contributed by atoms with Gasteiger partial charge in [-0.3, -0.25) is 24.5 Å². The van der Waals surface area contributed by atoms with Gasteiger partial charge in [0, 0.05) is 12.1 Å². The molecule has 1 aliphatic rings. The van der Waals surface area contributed by atoms with E-state index in [2.05, 4.69) is 32.4 Å². The van der Waals surface area contributed by atoms with Crippen molar-refractivity contribution in [3.8, 4) is 29.4 Å². The predicted octanol–water partition coefficient (Wildman–Crippen LogP) is 7.51. The summed E-state index contributed by atoms with van der Waals surface area (Å²) in [6.07, 6.45) is -3.24. The van der Waals surface area contributed by atoms with Gasteiger partial charge in [0.05, 0.1) is 58.7 Å². The molecule has 5 atom stereocenters. The first-order valence-corrected chi connectivity index (χ1v) is 25.2. The van der Waals surface area contributed by atoms with Crippen molar-refractivity contribution in [2.75, 3.05) is 52.3 Å². The van der Waals surface area contributed by atoms with Crippen LogP contribution in [-0.4, -0.2) is 112 Å². The van der Waals surface area contributed by atoms with E-state index in [1.165, 1.54) is 10.9 Å². The highest BCUT2D eigenvalue weighted by Gasteiger charge is 2.59. The average molecular weight is 1000 g/mol. The van der Waals surface area contributed by atoms with Crippen LogP contribution in [0.25, 0.3) is 11.2 Å². The number of anilines is 1. The third-order valence-electron chi connectivity index (χ3n) is 11.9. The molecule has 20 heteroatoms. The van der Waals surface area contributed by atoms with E-state index in [-0.39, 0.29) is 74.8 Å². The van der Waals surface area contributed by atoms with Crippen molar-refractivity contribution in [1.29, 1.82) is 10.5 Å². The lowest BCUT2D eigenvalue weighted by molar-refractivity contribution is -0.136. The number of fused-ring (bicyclic) bond motifs is 1. The van der Waals surface area contributed by atoms with Gasteiger partial charge in [0.25, 0.3) is 11.5 Å². The third-order valence-corrected chi connectivity index (χ3v) is 15.0. The molecule has 0 spiro atoms. The van der Waals surface area contributed by atoms with E-state index in [1.54, 1.807) is 38.5 Å². The van der Waals surface area contributed by atoms with Crippen LogP contribution in [-0.2, 0) is 33.9 Å². The topological polar surface area (TPSA) is 238 Å². The number of methoxy groups -OCH3 is 2. The number of H-pyrrole nitrogens is 1. The van der Waals surface area contributed by atoms with E-state index < -0.39 is 49.5 Å². The monoisotopic (exact) mass is 1000 g/mol. The maximum absolute atomic E-state index is 13.7. The number of aromatic nitrogens is 4. The van der Waals surface area contributed by atoms with E-state index in [9.17, 15) is 25.0 Å². The van der Waals surface area contributed by atoms with Crippen LogP contribution in [0.1, 0.15) is 63.5 Å². The van der Waals surface area contributed by atoms with Gasteiger partial charge in [0.15, 0.2) is 30.1 Å². The number of para-hydroxylation sites is 1. The smallest absolute Gasteiger partial charge is 0.347 e. The number of benzene rings is 4. The number of carbonyl (C=O) groups excluding carboxylic acids is 1. The Kier molecular flexibility index (Phi) is 18.1. The number of hydrogen-bond acceptors (Lipinski definition) is 16. The van der Waals surface area contributed by atoms with E-state index in [4.69, 9.17) is 37.7 Å². The highest BCUT2D eigenvalue weighted by atomic mass is 31.2. The number of rotatable bonds is 25. The van der Waals surface area contributed by atoms with Crippen LogP contribution in [0.4, 0.5) is 5.95 Å². The summed E-state index contributed by atoms with van der Waals surface area (Å²) in [5.41, 5.74) is 0.188. The molecule has 0 aliphatic carbocycles. The summed E-state index contributed by atoms with van der Waals surface area (Å²) < 4.78 is 54.1. The van der Waals surface area contributed by atoms with Gasteiger partial charge in [-0.15, -0.1) is 4.67 Å². The second-order valence-corrected chi connectivity index (χ2v) is 19.7. The van der Waals surface area contributed by atoms with Crippen molar-refractivity contribution in [3.05, 3.63) is 143 Å². The minimum atomic E-state index is -3.72. The zero-order chi connectivity index (χ0) is 51.3. The summed E-state index contributed by atoms with van der Waals surface area (Å²) in [7, 11) is -0.538. The molecule has 3 heterocycles. The van der Waals surface area contributed by atoms with Gasteiger partial charge in [-0.05, 0) is 80.8 Å². The van der Waals surface area contributed by atoms with Crippen LogP contribution < -0.4 is 25.1 Å². The van der Waals surface area contributed by atoms with Crippen LogP contribution in [0.15, 0.2) is 120 Å². The molecule has 0 radical (unpaired) electrons. The molecule has 4 aromatic carbocycles. The largest absolute Gasteiger partial charge is 0.497 e. The summed E-state index contributed by atoms with van der Waals surface area (Å²) in [5.74, 6) is 0.951. The molecule has 1 fully saturated rings. The summed E-state index contributed by atoms with van der Waals surface area (Å²) in [5, 5.41) is 21.8. The fourth-order valence-corrected chi connectivity index (χ4v) is 11.8. The molecule has 72 heavy (non-hydrogen) atoms. The number of nitrogens with one attached hydrogen (secondary N) is 2. The Morgan fingerprint density at radius 1 is 0.861 bits per heavy atom. The standard InChI is InChI=1S/C52H59N8O11P/c1-35(2)60(36(3)4)72(63,30-14-28-54)71-46-43(31-69-52(37-15-9-7-10-16-37,38-19-23-40(64-5)24-20-38)39-21-25-41(65-6)26-22-39)70-50(47(46)68-34-66-29-13-27-53)59-33-55-45-48(59)57-51(58-49(45)62)56-44(61)32-67-42-17-11-8-12-18-42/h7-12,15-26,33,35-36,43,46-47,50,63H,13-14,29-32,34H2,1-6H3,(H-,56,57,58,61,62)/p+1/t43-,46-,47-,50-,72?/m1/s1. The number of imidazole rings is 1. The molecule has 378 valence electrons. The molecule has 1 amide bonds. The molecule has 0 saturated carbocycles. The maximum atomic E-state index is 13.7. The molecule has 0 bridgehead atoms. The Morgan fingerprint density at radius 3 is 2.04 bits per heavy atom. The molecule has 6 aromatic rings. The third kappa shape index (κ3) is 12.1. The van der Waals surface area contributed by atoms with Crippen LogP contribution in [0.3, 0.4) is 0 Å². The van der Waals surface area contributed by atoms with Crippen LogP contribution in [0, 0.1) is 22.7 Å². The SMILES string of the molecule is COc1ccc(C(OC[C@H]2O[C@@H](n3cnc4c(=O)[nH]c(NC(=O)COc5ccccc5)nc43)[C@H](OCOCCC#N)[C@@H]2O[P+](O)(CCC#N)N(C(C)C)C(C)C)(c2ccccc2)c2ccc(OC)cc2)cc1. The molecule has 1 saturated heterocycles. The Bertz CT molecular complexity index is 2780. The zero-order valence-corrected chi connectivity index (χ0v) is 41.9. The summed E-state index contributed by atoms with van der Waals surface area (Å²) in [6.45, 7) is 6.87. The van der Waals surface area contributed by atoms with Crippen LogP contribution in [0.2, 0.25) is 0 Å². The normalized spacial score (nSPS) is 17.7. The Labute approximate surface area is 418 Å². The minimum absolute atomic E-state index is 0.0120. The highest BCUT2D eigenvalue weighted by molar-refractivity contribution is 7.63. The molecule has 3 N–H and O–H groups in total. The number of nitrogens with zero attached hydrogens (tertiary/aromatic N) is 6. The average Bonchev–Trinajstić information content (AvgIpc) is 3.96. The zero-order valence-electron chi connectivity index (χ0n) is 41.0. The molecular formula is C52H60N8O11P+. The second kappa shape index (κ2) is 24.6. The minimum Gasteiger partial charge on any atom is -0.497 e. The summed E-state index contributed by atoms with van der Waals surface area (Å²) >= 11 is 0. The van der Waals surface area contributed by atoms with Gasteiger partial charge in [-0.2, -0.15) is 20.0 Å². The van der Waals surface area contributed by atoms with Crippen molar-refractivity contribution in [1.82, 2.24) is 24.2 Å². The van der Waals surface area contributed by atoms with Gasteiger partial charge in [-0.1, -0.05) is 72.8 Å². The van der Waals surface area contributed by atoms with Crippen molar-refractivity contribution >= 4 is 30.9 Å². The first kappa shape index (κ1) is 53.0. The number of aromatic amines is 1. The highest BCUT2D eigenvalue weighted by Crippen LogP contribution is 2.64. The van der Waals surface area contributed by atoms with E-state index in [0.717, 1.165) is 16.7 Å². The van der Waals surface area contributed by atoms with Gasteiger partial charge in [0.1, 0.15) is 48.0 Å². The lowest BCUT2D eigenvalue weighted by Crippen LogP contribution is -2.45. The van der Waals surface area contributed by atoms with Crippen molar-refractivity contribution < 1.29 is 47.4 Å². The molecule has 1 unspecified atom stereocenters. The Balaban J connectivity index is 1.37. The number of carbonyl (C=O) groups is 1. The quantitative estimate of drug-likeness (QED) is 0.0218. The summed E-state index contributed by atoms with van der Waals surface area (Å²) in [4.78, 5) is 51.4. The van der Waals surface area contributed by atoms with E-state index >= 15 is 0 Å². The van der Waals surface area contributed by atoms with E-state index in [0.29, 0.717) is 17.2 Å². The predicted molar refractivity (Wildman–Crippen MR) is 268 cm³/mol. The lowest BCUT2D eigenvalue weighted by atomic mass is 9.80. The Hall–Kier alpha value is -6.77. The van der Waals surface area contributed by atoms with Crippen molar-refractivity contribution in [2.24, 2.45) is 0 Å². The van der Waals surface area contributed by atoms with Crippen LogP contribution >= 0.6 is 7.87 Å². The molecule has 19 nitrogen and oxygen atoms in total. The fourth-order valence-electron chi connectivity index (χ4n) is 8.89. The van der Waals surface area contributed by atoms with Gasteiger partial charge >= 0.3 is 7.87 Å². The fraction of sp³-hybridized carbons (Fsp3) is 0.385. The maximum Gasteiger partial charge on any atom is 0.347 e. The molecule has 2 aromatic heterocycles. The summed E-state index contributed by atoms with van der Waals surface area (Å²) in [6, 6.07) is 37.3. The second-order valence-electron chi connectivity index (χ2n) is 17.3. The number of hydrogen-bond donors (Lipinski definition) is 3. The number of nitriles is 2. The van der Waals surface area contributed by atoms with Gasteiger partial charge in [-0.25, -0.2) is 9.88 Å². The van der Waals surface area contributed by atoms with Crippen molar-refractivity contribution in [2.45, 2.75) is 82.8 Å². The van der Waals surface area contributed by atoms with Crippen molar-refractivity contribution in [3.63, 3.8) is 0 Å². The van der Waals surface area contributed by atoms with Crippen LogP contribution in [0.5, 0.6) is 17.2 Å². The van der Waals surface area contributed by atoms with E-state index in [1.807, 2.05) is 117 Å². The Morgan fingerprint density at radius 2 is 1.46 bits per heavy atom. The lowest BCUT2D eigenvalue weighted by Gasteiger charge is -2.39.